The summed E-state index contributed by atoms with van der Waals surface area (Å²) in [7, 11) is -0.913. The second-order valence-corrected chi connectivity index (χ2v) is 9.90. The number of fused-ring (bicyclic) bond motifs is 1. The first-order chi connectivity index (χ1) is 14.7. The first kappa shape index (κ1) is 19.2. The summed E-state index contributed by atoms with van der Waals surface area (Å²) in [6.07, 6.45) is 6.94. The molecule has 30 heavy (non-hydrogen) atoms. The summed E-state index contributed by atoms with van der Waals surface area (Å²) in [5, 5.41) is 2.41. The summed E-state index contributed by atoms with van der Waals surface area (Å²) in [6, 6.07) is 25.8. The molecule has 0 saturated heterocycles. The minimum atomic E-state index is -1.02. The third kappa shape index (κ3) is 3.57. The normalized spacial score (nSPS) is 20.1. The average Bonchev–Trinajstić information content (AvgIpc) is 2.92. The molecular formula is C27H21F2P. The number of hydrogen-bond donors (Lipinski definition) is 0. The minimum Gasteiger partial charge on any atom is -0.243 e. The minimum absolute atomic E-state index is 0.0938. The van der Waals surface area contributed by atoms with Crippen LogP contribution in [-0.2, 0) is 0 Å². The fourth-order valence-corrected chi connectivity index (χ4v) is 7.31. The standard InChI is InChI=1S/C27H21F2P/c28-21-15-13-19-11-12-20-14-16-22(29)18-26(20)27(25(19)17-21)30(23-7-3-1-4-8-23)24-9-5-2-6-10-24/h1-17,22,27H,18H2. The molecule has 2 atom stereocenters. The molecule has 0 fully saturated rings. The molecule has 3 heteroatoms. The summed E-state index contributed by atoms with van der Waals surface area (Å²) in [5.41, 5.74) is 3.95. The van der Waals surface area contributed by atoms with E-state index in [-0.39, 0.29) is 11.5 Å². The monoisotopic (exact) mass is 414 g/mol. The summed E-state index contributed by atoms with van der Waals surface area (Å²) in [6.45, 7) is 0. The van der Waals surface area contributed by atoms with Crippen molar-refractivity contribution in [3.63, 3.8) is 0 Å². The van der Waals surface area contributed by atoms with Gasteiger partial charge in [-0.1, -0.05) is 85.0 Å². The molecule has 0 bridgehead atoms. The molecular weight excluding hydrogens is 393 g/mol. The Morgan fingerprint density at radius 2 is 1.43 bits per heavy atom. The predicted molar refractivity (Wildman–Crippen MR) is 123 cm³/mol. The van der Waals surface area contributed by atoms with Crippen LogP contribution < -0.4 is 10.6 Å². The van der Waals surface area contributed by atoms with E-state index in [1.54, 1.807) is 12.1 Å². The lowest BCUT2D eigenvalue weighted by atomic mass is 9.91. The maximum Gasteiger partial charge on any atom is 0.123 e. The Hall–Kier alpha value is -2.83. The number of rotatable bonds is 3. The predicted octanol–water partition coefficient (Wildman–Crippen LogP) is 6.62. The second-order valence-electron chi connectivity index (χ2n) is 7.61. The largest absolute Gasteiger partial charge is 0.243 e. The molecule has 0 heterocycles. The lowest BCUT2D eigenvalue weighted by Gasteiger charge is -2.33. The molecule has 2 aliphatic carbocycles. The number of allylic oxidation sites excluding steroid dienone is 5. The van der Waals surface area contributed by atoms with Gasteiger partial charge in [0, 0.05) is 12.1 Å². The second kappa shape index (κ2) is 8.13. The third-order valence-electron chi connectivity index (χ3n) is 5.71. The summed E-state index contributed by atoms with van der Waals surface area (Å²) in [4.78, 5) is 0. The van der Waals surface area contributed by atoms with Gasteiger partial charge in [-0.05, 0) is 59.0 Å². The summed E-state index contributed by atoms with van der Waals surface area (Å²) < 4.78 is 29.0. The van der Waals surface area contributed by atoms with Gasteiger partial charge in [-0.2, -0.15) is 0 Å². The van der Waals surface area contributed by atoms with Crippen molar-refractivity contribution in [1.29, 1.82) is 0 Å². The number of alkyl halides is 1. The topological polar surface area (TPSA) is 0 Å². The van der Waals surface area contributed by atoms with E-state index < -0.39 is 14.1 Å². The third-order valence-corrected chi connectivity index (χ3v) is 8.53. The molecule has 0 nitrogen and oxygen atoms in total. The molecule has 2 unspecified atom stereocenters. The molecule has 0 N–H and O–H groups in total. The first-order valence-electron chi connectivity index (χ1n) is 10.1. The SMILES string of the molecule is Fc1ccc2c(c1)C(P(c1ccccc1)c1ccccc1)C1=C(C=C2)C=CC(F)C1. The molecule has 3 aromatic rings. The van der Waals surface area contributed by atoms with E-state index in [1.165, 1.54) is 16.7 Å². The van der Waals surface area contributed by atoms with Gasteiger partial charge in [0.1, 0.15) is 12.0 Å². The fraction of sp³-hybridized carbons (Fsp3) is 0.111. The van der Waals surface area contributed by atoms with Gasteiger partial charge in [-0.25, -0.2) is 8.78 Å². The Morgan fingerprint density at radius 1 is 0.767 bits per heavy atom. The highest BCUT2D eigenvalue weighted by Gasteiger charge is 2.34. The molecule has 5 rings (SSSR count). The van der Waals surface area contributed by atoms with Crippen molar-refractivity contribution in [2.24, 2.45) is 0 Å². The fourth-order valence-electron chi connectivity index (χ4n) is 4.36. The molecule has 148 valence electrons. The van der Waals surface area contributed by atoms with Crippen molar-refractivity contribution in [1.82, 2.24) is 0 Å². The van der Waals surface area contributed by atoms with Gasteiger partial charge in [0.15, 0.2) is 0 Å². The Balaban J connectivity index is 1.79. The Bertz CT molecular complexity index is 1110. The van der Waals surface area contributed by atoms with E-state index in [0.29, 0.717) is 6.42 Å². The van der Waals surface area contributed by atoms with E-state index in [0.717, 1.165) is 22.3 Å². The molecule has 2 aliphatic rings. The van der Waals surface area contributed by atoms with E-state index in [4.69, 9.17) is 0 Å². The lowest BCUT2D eigenvalue weighted by Crippen LogP contribution is -2.21. The van der Waals surface area contributed by atoms with Gasteiger partial charge in [-0.3, -0.25) is 0 Å². The molecule has 3 aromatic carbocycles. The number of benzene rings is 3. The van der Waals surface area contributed by atoms with E-state index in [9.17, 15) is 8.78 Å². The van der Waals surface area contributed by atoms with E-state index in [1.807, 2.05) is 54.6 Å². The zero-order valence-corrected chi connectivity index (χ0v) is 17.3. The van der Waals surface area contributed by atoms with Gasteiger partial charge in [0.25, 0.3) is 0 Å². The average molecular weight is 414 g/mol. The summed E-state index contributed by atoms with van der Waals surface area (Å²) >= 11 is 0. The van der Waals surface area contributed by atoms with Gasteiger partial charge in [0.2, 0.25) is 0 Å². The van der Waals surface area contributed by atoms with Crippen molar-refractivity contribution < 1.29 is 8.78 Å². The van der Waals surface area contributed by atoms with Crippen LogP contribution in [-0.4, -0.2) is 6.17 Å². The van der Waals surface area contributed by atoms with Crippen LogP contribution in [0.4, 0.5) is 8.78 Å². The van der Waals surface area contributed by atoms with Crippen LogP contribution in [0.3, 0.4) is 0 Å². The van der Waals surface area contributed by atoms with Crippen LogP contribution in [0.25, 0.3) is 6.08 Å². The van der Waals surface area contributed by atoms with Crippen LogP contribution in [0.5, 0.6) is 0 Å². The molecule has 0 amide bonds. The molecule has 0 aromatic heterocycles. The van der Waals surface area contributed by atoms with Crippen LogP contribution in [0.1, 0.15) is 23.2 Å². The van der Waals surface area contributed by atoms with Crippen LogP contribution >= 0.6 is 7.92 Å². The molecule has 0 spiro atoms. The maximum atomic E-state index is 14.6. The Labute approximate surface area is 177 Å². The van der Waals surface area contributed by atoms with Crippen LogP contribution in [0.15, 0.2) is 108 Å². The quantitative estimate of drug-likeness (QED) is 0.423. The van der Waals surface area contributed by atoms with Crippen molar-refractivity contribution in [3.8, 4) is 0 Å². The van der Waals surface area contributed by atoms with Gasteiger partial charge >= 0.3 is 0 Å². The van der Waals surface area contributed by atoms with Gasteiger partial charge in [-0.15, -0.1) is 0 Å². The first-order valence-corrected chi connectivity index (χ1v) is 11.5. The molecule has 0 radical (unpaired) electrons. The Kier molecular flexibility index (Phi) is 5.19. The number of halogens is 2. The molecule has 0 saturated carbocycles. The maximum absolute atomic E-state index is 14.6. The van der Waals surface area contributed by atoms with E-state index >= 15 is 0 Å². The number of hydrogen-bond acceptors (Lipinski definition) is 0. The van der Waals surface area contributed by atoms with Crippen molar-refractivity contribution in [2.45, 2.75) is 18.3 Å². The Morgan fingerprint density at radius 3 is 2.10 bits per heavy atom. The zero-order valence-electron chi connectivity index (χ0n) is 16.4. The van der Waals surface area contributed by atoms with Crippen molar-refractivity contribution in [3.05, 3.63) is 125 Å². The van der Waals surface area contributed by atoms with E-state index in [2.05, 4.69) is 30.3 Å². The highest BCUT2D eigenvalue weighted by molar-refractivity contribution is 7.73. The van der Waals surface area contributed by atoms with Gasteiger partial charge in [0.05, 0.1) is 0 Å². The highest BCUT2D eigenvalue weighted by Crippen LogP contribution is 2.57. The van der Waals surface area contributed by atoms with Crippen molar-refractivity contribution in [2.75, 3.05) is 0 Å². The van der Waals surface area contributed by atoms with Crippen molar-refractivity contribution >= 4 is 24.6 Å². The zero-order chi connectivity index (χ0) is 20.5. The van der Waals surface area contributed by atoms with Gasteiger partial charge < -0.3 is 0 Å². The molecule has 0 aliphatic heterocycles. The summed E-state index contributed by atoms with van der Waals surface area (Å²) in [5.74, 6) is -0.254. The van der Waals surface area contributed by atoms with Crippen LogP contribution in [0, 0.1) is 5.82 Å². The smallest absolute Gasteiger partial charge is 0.123 e. The highest BCUT2D eigenvalue weighted by atomic mass is 31.1. The van der Waals surface area contributed by atoms with Crippen LogP contribution in [0.2, 0.25) is 0 Å². The lowest BCUT2D eigenvalue weighted by molar-refractivity contribution is 0.391.